The minimum Gasteiger partial charge on any atom is -0.338 e. The first kappa shape index (κ1) is 20.6. The van der Waals surface area contributed by atoms with Crippen molar-refractivity contribution in [2.24, 2.45) is 0 Å². The molecule has 7 nitrogen and oxygen atoms in total. The Bertz CT molecular complexity index is 1120. The van der Waals surface area contributed by atoms with E-state index < -0.39 is 21.7 Å². The van der Waals surface area contributed by atoms with Crippen molar-refractivity contribution in [1.29, 1.82) is 0 Å². The van der Waals surface area contributed by atoms with Crippen LogP contribution in [0.25, 0.3) is 11.4 Å². The summed E-state index contributed by atoms with van der Waals surface area (Å²) in [5.74, 6) is -0.908. The molecule has 0 N–H and O–H groups in total. The van der Waals surface area contributed by atoms with Crippen LogP contribution in [0.15, 0.2) is 51.9 Å². The summed E-state index contributed by atoms with van der Waals surface area (Å²) in [7, 11) is -3.96. The maximum Gasteiger partial charge on any atom is 0.243 e. The van der Waals surface area contributed by atoms with Crippen LogP contribution in [-0.4, -0.2) is 53.9 Å². The summed E-state index contributed by atoms with van der Waals surface area (Å²) in [6, 6.07) is 10.1. The number of piperazine rings is 1. The van der Waals surface area contributed by atoms with E-state index in [4.69, 9.17) is 4.52 Å². The molecule has 0 aliphatic carbocycles. The lowest BCUT2D eigenvalue weighted by atomic mass is 10.1. The van der Waals surface area contributed by atoms with Crippen molar-refractivity contribution < 1.29 is 21.7 Å². The van der Waals surface area contributed by atoms with Gasteiger partial charge in [0.25, 0.3) is 0 Å². The van der Waals surface area contributed by atoms with Crippen molar-refractivity contribution in [2.45, 2.75) is 18.4 Å². The molecule has 1 aliphatic rings. The van der Waals surface area contributed by atoms with E-state index >= 15 is 0 Å². The number of nitrogens with zero attached hydrogens (tertiary/aromatic N) is 4. The molecule has 0 spiro atoms. The molecular formula is C20H20F2N4O3S. The van der Waals surface area contributed by atoms with Crippen molar-refractivity contribution in [3.05, 3.63) is 65.6 Å². The summed E-state index contributed by atoms with van der Waals surface area (Å²) in [6.45, 7) is 3.63. The molecule has 0 atom stereocenters. The quantitative estimate of drug-likeness (QED) is 0.615. The van der Waals surface area contributed by atoms with Gasteiger partial charge in [-0.05, 0) is 19.1 Å². The first-order valence-corrected chi connectivity index (χ1v) is 10.8. The zero-order valence-corrected chi connectivity index (χ0v) is 17.1. The fourth-order valence-electron chi connectivity index (χ4n) is 3.28. The van der Waals surface area contributed by atoms with Gasteiger partial charge in [-0.15, -0.1) is 0 Å². The SMILES string of the molecule is Cc1ccc(-c2noc(CN3CCN(S(=O)(=O)c4cc(F)cc(F)c4)CC3)n2)cc1. The zero-order valence-electron chi connectivity index (χ0n) is 16.3. The summed E-state index contributed by atoms with van der Waals surface area (Å²) in [6.07, 6.45) is 0. The van der Waals surface area contributed by atoms with Gasteiger partial charge in [0.2, 0.25) is 21.7 Å². The van der Waals surface area contributed by atoms with E-state index in [2.05, 4.69) is 10.1 Å². The van der Waals surface area contributed by atoms with E-state index in [1.165, 1.54) is 4.31 Å². The summed E-state index contributed by atoms with van der Waals surface area (Å²) in [5.41, 5.74) is 1.99. The van der Waals surface area contributed by atoms with Gasteiger partial charge >= 0.3 is 0 Å². The third-order valence-electron chi connectivity index (χ3n) is 4.94. The van der Waals surface area contributed by atoms with E-state index in [0.717, 1.165) is 23.3 Å². The number of hydrogen-bond donors (Lipinski definition) is 0. The molecule has 0 bridgehead atoms. The molecule has 3 aromatic rings. The van der Waals surface area contributed by atoms with E-state index in [0.29, 0.717) is 37.4 Å². The molecule has 10 heteroatoms. The fraction of sp³-hybridized carbons (Fsp3) is 0.300. The molecule has 0 radical (unpaired) electrons. The van der Waals surface area contributed by atoms with Gasteiger partial charge in [0.15, 0.2) is 0 Å². The van der Waals surface area contributed by atoms with Crippen molar-refractivity contribution in [1.82, 2.24) is 19.3 Å². The number of sulfonamides is 1. The van der Waals surface area contributed by atoms with E-state index in [-0.39, 0.29) is 18.0 Å². The van der Waals surface area contributed by atoms with E-state index in [9.17, 15) is 17.2 Å². The molecule has 30 heavy (non-hydrogen) atoms. The van der Waals surface area contributed by atoms with Crippen molar-refractivity contribution in [2.75, 3.05) is 26.2 Å². The van der Waals surface area contributed by atoms with Gasteiger partial charge in [-0.3, -0.25) is 4.90 Å². The van der Waals surface area contributed by atoms with Gasteiger partial charge in [0.1, 0.15) is 11.6 Å². The molecule has 2 aromatic carbocycles. The highest BCUT2D eigenvalue weighted by Crippen LogP contribution is 2.21. The second-order valence-corrected chi connectivity index (χ2v) is 9.10. The first-order chi connectivity index (χ1) is 14.3. The van der Waals surface area contributed by atoms with Gasteiger partial charge in [-0.25, -0.2) is 17.2 Å². The van der Waals surface area contributed by atoms with Crippen LogP contribution in [0.4, 0.5) is 8.78 Å². The number of aryl methyl sites for hydroxylation is 1. The average Bonchev–Trinajstić information content (AvgIpc) is 3.16. The average molecular weight is 434 g/mol. The first-order valence-electron chi connectivity index (χ1n) is 9.39. The summed E-state index contributed by atoms with van der Waals surface area (Å²) in [5, 5.41) is 4.00. The third kappa shape index (κ3) is 4.40. The maximum atomic E-state index is 13.4. The van der Waals surface area contributed by atoms with Crippen LogP contribution in [0.3, 0.4) is 0 Å². The van der Waals surface area contributed by atoms with Gasteiger partial charge in [0, 0.05) is 37.8 Å². The Balaban J connectivity index is 1.38. The van der Waals surface area contributed by atoms with Gasteiger partial charge < -0.3 is 4.52 Å². The summed E-state index contributed by atoms with van der Waals surface area (Å²) < 4.78 is 58.7. The van der Waals surface area contributed by atoms with Crippen molar-refractivity contribution >= 4 is 10.0 Å². The van der Waals surface area contributed by atoms with Crippen molar-refractivity contribution in [3.8, 4) is 11.4 Å². The molecule has 4 rings (SSSR count). The lowest BCUT2D eigenvalue weighted by Gasteiger charge is -2.33. The van der Waals surface area contributed by atoms with Gasteiger partial charge in [-0.1, -0.05) is 35.0 Å². The predicted molar refractivity (Wildman–Crippen MR) is 105 cm³/mol. The predicted octanol–water partition coefficient (Wildman–Crippen LogP) is 2.83. The minimum absolute atomic E-state index is 0.194. The molecule has 1 saturated heterocycles. The lowest BCUT2D eigenvalue weighted by Crippen LogP contribution is -2.48. The van der Waals surface area contributed by atoms with Gasteiger partial charge in [0.05, 0.1) is 11.4 Å². The lowest BCUT2D eigenvalue weighted by molar-refractivity contribution is 0.163. The third-order valence-corrected chi connectivity index (χ3v) is 6.82. The number of halogens is 2. The van der Waals surface area contributed by atoms with Gasteiger partial charge in [-0.2, -0.15) is 9.29 Å². The monoisotopic (exact) mass is 434 g/mol. The van der Waals surface area contributed by atoms with Crippen LogP contribution in [-0.2, 0) is 16.6 Å². The second-order valence-electron chi connectivity index (χ2n) is 7.16. The molecule has 1 fully saturated rings. The Morgan fingerprint density at radius 1 is 1.00 bits per heavy atom. The van der Waals surface area contributed by atoms with Crippen LogP contribution < -0.4 is 0 Å². The molecule has 1 aliphatic heterocycles. The molecule has 0 amide bonds. The Labute approximate surface area is 173 Å². The van der Waals surface area contributed by atoms with Crippen LogP contribution in [0.5, 0.6) is 0 Å². The highest BCUT2D eigenvalue weighted by Gasteiger charge is 2.30. The largest absolute Gasteiger partial charge is 0.338 e. The topological polar surface area (TPSA) is 79.5 Å². The van der Waals surface area contributed by atoms with Crippen LogP contribution in [0, 0.1) is 18.6 Å². The highest BCUT2D eigenvalue weighted by molar-refractivity contribution is 7.89. The molecule has 0 saturated carbocycles. The highest BCUT2D eigenvalue weighted by atomic mass is 32.2. The molecule has 1 aromatic heterocycles. The Kier molecular flexibility index (Phi) is 5.63. The Morgan fingerprint density at radius 2 is 1.63 bits per heavy atom. The molecule has 0 unspecified atom stereocenters. The normalized spacial score (nSPS) is 16.1. The molecule has 2 heterocycles. The fourth-order valence-corrected chi connectivity index (χ4v) is 4.75. The zero-order chi connectivity index (χ0) is 21.3. The van der Waals surface area contributed by atoms with E-state index in [1.54, 1.807) is 0 Å². The smallest absolute Gasteiger partial charge is 0.243 e. The van der Waals surface area contributed by atoms with E-state index in [1.807, 2.05) is 36.1 Å². The summed E-state index contributed by atoms with van der Waals surface area (Å²) >= 11 is 0. The molecule has 158 valence electrons. The minimum atomic E-state index is -3.96. The maximum absolute atomic E-state index is 13.4. The number of rotatable bonds is 5. The van der Waals surface area contributed by atoms with Crippen LogP contribution in [0.2, 0.25) is 0 Å². The number of hydrogen-bond acceptors (Lipinski definition) is 6. The Morgan fingerprint density at radius 3 is 2.27 bits per heavy atom. The second kappa shape index (κ2) is 8.21. The number of aromatic nitrogens is 2. The standard InChI is InChI=1S/C20H20F2N4O3S/c1-14-2-4-15(5-3-14)20-23-19(29-24-20)13-25-6-8-26(9-7-25)30(27,28)18-11-16(21)10-17(22)12-18/h2-5,10-12H,6-9,13H2,1H3. The van der Waals surface area contributed by atoms with Crippen molar-refractivity contribution in [3.63, 3.8) is 0 Å². The Hall–Kier alpha value is -2.69. The van der Waals surface area contributed by atoms with Crippen LogP contribution >= 0.6 is 0 Å². The number of benzene rings is 2. The summed E-state index contributed by atoms with van der Waals surface area (Å²) in [4.78, 5) is 6.01. The van der Waals surface area contributed by atoms with Crippen LogP contribution in [0.1, 0.15) is 11.5 Å². The molecular weight excluding hydrogens is 414 g/mol.